The fraction of sp³-hybridized carbons (Fsp3) is 0.722. The number of fused-ring (bicyclic) bond motifs is 1. The monoisotopic (exact) mass is 349 g/mol. The third kappa shape index (κ3) is 3.48. The summed E-state index contributed by atoms with van der Waals surface area (Å²) in [6, 6.07) is 0.251. The van der Waals surface area contributed by atoms with Crippen molar-refractivity contribution in [2.24, 2.45) is 11.8 Å². The van der Waals surface area contributed by atoms with Crippen molar-refractivity contribution in [3.8, 4) is 0 Å². The highest BCUT2D eigenvalue weighted by molar-refractivity contribution is 7.14. The topological polar surface area (TPSA) is 62.3 Å². The van der Waals surface area contributed by atoms with Crippen LogP contribution < -0.4 is 10.2 Å². The summed E-state index contributed by atoms with van der Waals surface area (Å²) in [6.07, 6.45) is 6.51. The molecule has 2 aliphatic rings. The minimum Gasteiger partial charge on any atom is -0.347 e. The Kier molecular flexibility index (Phi) is 5.23. The second-order valence-electron chi connectivity index (χ2n) is 7.36. The van der Waals surface area contributed by atoms with Crippen molar-refractivity contribution >= 4 is 29.0 Å². The van der Waals surface area contributed by atoms with Crippen molar-refractivity contribution in [1.29, 1.82) is 0 Å². The van der Waals surface area contributed by atoms with Crippen LogP contribution in [0.2, 0.25) is 0 Å². The molecule has 2 heterocycles. The lowest BCUT2D eigenvalue weighted by atomic mass is 9.86. The molecule has 0 aromatic carbocycles. The van der Waals surface area contributed by atoms with E-state index in [1.54, 1.807) is 4.90 Å². The molecule has 1 aliphatic heterocycles. The Balaban J connectivity index is 1.76. The number of anilines is 1. The van der Waals surface area contributed by atoms with Crippen LogP contribution in [0.5, 0.6) is 0 Å². The molecule has 1 N–H and O–H groups in total. The predicted molar refractivity (Wildman–Crippen MR) is 96.5 cm³/mol. The fourth-order valence-electron chi connectivity index (χ4n) is 3.61. The largest absolute Gasteiger partial charge is 0.347 e. The van der Waals surface area contributed by atoms with Crippen LogP contribution in [0.1, 0.15) is 67.6 Å². The molecule has 1 aliphatic carbocycles. The SMILES string of the molecule is CC(C)C(=O)N1CCCc2sc(C(=O)NC3CCCCC3C)nc21. The molecule has 132 valence electrons. The molecular weight excluding hydrogens is 322 g/mol. The third-order valence-corrected chi connectivity index (χ3v) is 6.20. The highest BCUT2D eigenvalue weighted by Crippen LogP contribution is 2.33. The highest BCUT2D eigenvalue weighted by Gasteiger charge is 2.30. The number of nitrogens with zero attached hydrogens (tertiary/aromatic N) is 2. The average Bonchev–Trinajstić information content (AvgIpc) is 3.00. The Morgan fingerprint density at radius 1 is 1.25 bits per heavy atom. The molecule has 0 saturated heterocycles. The van der Waals surface area contributed by atoms with E-state index in [1.807, 2.05) is 13.8 Å². The van der Waals surface area contributed by atoms with Crippen molar-refractivity contribution in [3.63, 3.8) is 0 Å². The first kappa shape index (κ1) is 17.4. The highest BCUT2D eigenvalue weighted by atomic mass is 32.1. The lowest BCUT2D eigenvalue weighted by Crippen LogP contribution is -2.41. The van der Waals surface area contributed by atoms with E-state index in [4.69, 9.17) is 0 Å². The lowest BCUT2D eigenvalue weighted by molar-refractivity contribution is -0.121. The van der Waals surface area contributed by atoms with Crippen LogP contribution in [-0.2, 0) is 11.2 Å². The Bertz CT molecular complexity index is 626. The van der Waals surface area contributed by atoms with E-state index in [0.29, 0.717) is 23.3 Å². The number of hydrogen-bond donors (Lipinski definition) is 1. The van der Waals surface area contributed by atoms with Gasteiger partial charge < -0.3 is 5.32 Å². The number of carbonyl (C=O) groups excluding carboxylic acids is 2. The van der Waals surface area contributed by atoms with Gasteiger partial charge in [-0.2, -0.15) is 0 Å². The first-order chi connectivity index (χ1) is 11.5. The van der Waals surface area contributed by atoms with Gasteiger partial charge in [0.25, 0.3) is 5.91 Å². The van der Waals surface area contributed by atoms with Crippen molar-refractivity contribution in [2.75, 3.05) is 11.4 Å². The zero-order valence-electron chi connectivity index (χ0n) is 14.8. The number of hydrogen-bond acceptors (Lipinski definition) is 4. The summed E-state index contributed by atoms with van der Waals surface area (Å²) in [7, 11) is 0. The second-order valence-corrected chi connectivity index (χ2v) is 8.44. The molecule has 1 saturated carbocycles. The number of amides is 2. The summed E-state index contributed by atoms with van der Waals surface area (Å²) in [6.45, 7) is 6.72. The van der Waals surface area contributed by atoms with Gasteiger partial charge in [0.05, 0.1) is 0 Å². The van der Waals surface area contributed by atoms with Crippen LogP contribution in [0, 0.1) is 11.8 Å². The number of aromatic nitrogens is 1. The maximum absolute atomic E-state index is 12.6. The number of aryl methyl sites for hydroxylation is 1. The van der Waals surface area contributed by atoms with Gasteiger partial charge in [0.2, 0.25) is 5.91 Å². The second kappa shape index (κ2) is 7.21. The molecule has 2 unspecified atom stereocenters. The number of nitrogens with one attached hydrogen (secondary N) is 1. The molecule has 1 aromatic heterocycles. The maximum atomic E-state index is 12.6. The molecule has 24 heavy (non-hydrogen) atoms. The van der Waals surface area contributed by atoms with Gasteiger partial charge in [-0.3, -0.25) is 14.5 Å². The predicted octanol–water partition coefficient (Wildman–Crippen LogP) is 3.39. The Labute approximate surface area is 147 Å². The van der Waals surface area contributed by atoms with Gasteiger partial charge in [0.15, 0.2) is 5.01 Å². The minimum atomic E-state index is -0.0786. The van der Waals surface area contributed by atoms with Crippen LogP contribution in [0.25, 0.3) is 0 Å². The molecule has 2 amide bonds. The van der Waals surface area contributed by atoms with E-state index in [9.17, 15) is 9.59 Å². The summed E-state index contributed by atoms with van der Waals surface area (Å²) in [5.41, 5.74) is 0. The third-order valence-electron chi connectivity index (χ3n) is 5.10. The van der Waals surface area contributed by atoms with Gasteiger partial charge in [0.1, 0.15) is 5.82 Å². The Hall–Kier alpha value is -1.43. The van der Waals surface area contributed by atoms with Gasteiger partial charge in [0, 0.05) is 23.4 Å². The summed E-state index contributed by atoms with van der Waals surface area (Å²) < 4.78 is 0. The normalized spacial score (nSPS) is 23.9. The molecule has 5 nitrogen and oxygen atoms in total. The summed E-state index contributed by atoms with van der Waals surface area (Å²) in [4.78, 5) is 32.4. The number of rotatable bonds is 3. The van der Waals surface area contributed by atoms with Gasteiger partial charge in [-0.05, 0) is 31.6 Å². The van der Waals surface area contributed by atoms with Crippen LogP contribution in [0.15, 0.2) is 0 Å². The van der Waals surface area contributed by atoms with Gasteiger partial charge in [-0.1, -0.05) is 33.6 Å². The van der Waals surface area contributed by atoms with E-state index in [2.05, 4.69) is 17.2 Å². The van der Waals surface area contributed by atoms with E-state index in [1.165, 1.54) is 30.6 Å². The lowest BCUT2D eigenvalue weighted by Gasteiger charge is -2.29. The van der Waals surface area contributed by atoms with Crippen molar-refractivity contribution in [1.82, 2.24) is 10.3 Å². The van der Waals surface area contributed by atoms with E-state index in [0.717, 1.165) is 24.1 Å². The summed E-state index contributed by atoms with van der Waals surface area (Å²) in [5.74, 6) is 1.19. The smallest absolute Gasteiger partial charge is 0.280 e. The number of thiazole rings is 1. The first-order valence-corrected chi connectivity index (χ1v) is 9.91. The molecule has 2 atom stereocenters. The molecule has 3 rings (SSSR count). The van der Waals surface area contributed by atoms with Crippen molar-refractivity contribution in [3.05, 3.63) is 9.88 Å². The maximum Gasteiger partial charge on any atom is 0.280 e. The average molecular weight is 350 g/mol. The van der Waals surface area contributed by atoms with Crippen molar-refractivity contribution in [2.45, 2.75) is 65.3 Å². The zero-order valence-corrected chi connectivity index (χ0v) is 15.6. The fourth-order valence-corrected chi connectivity index (χ4v) is 4.62. The van der Waals surface area contributed by atoms with Gasteiger partial charge in [-0.25, -0.2) is 4.98 Å². The molecule has 1 aromatic rings. The molecule has 0 spiro atoms. The quantitative estimate of drug-likeness (QED) is 0.910. The molecule has 6 heteroatoms. The van der Waals surface area contributed by atoms with Crippen molar-refractivity contribution < 1.29 is 9.59 Å². The standard InChI is InChI=1S/C18H27N3O2S/c1-11(2)18(23)21-10-6-9-14-15(21)20-17(24-14)16(22)19-13-8-5-4-7-12(13)3/h11-13H,4-10H2,1-3H3,(H,19,22). The summed E-state index contributed by atoms with van der Waals surface area (Å²) >= 11 is 1.45. The molecule has 1 fully saturated rings. The molecule has 0 radical (unpaired) electrons. The van der Waals surface area contributed by atoms with Gasteiger partial charge >= 0.3 is 0 Å². The summed E-state index contributed by atoms with van der Waals surface area (Å²) in [5, 5.41) is 3.67. The minimum absolute atomic E-state index is 0.0574. The zero-order chi connectivity index (χ0) is 17.3. The molecular formula is C18H27N3O2S. The Morgan fingerprint density at radius 2 is 2.00 bits per heavy atom. The Morgan fingerprint density at radius 3 is 2.71 bits per heavy atom. The van der Waals surface area contributed by atoms with Crippen LogP contribution >= 0.6 is 11.3 Å². The molecule has 0 bridgehead atoms. The van der Waals surface area contributed by atoms with E-state index >= 15 is 0 Å². The van der Waals surface area contributed by atoms with E-state index in [-0.39, 0.29) is 23.8 Å². The first-order valence-electron chi connectivity index (χ1n) is 9.09. The van der Waals surface area contributed by atoms with Crippen LogP contribution in [0.3, 0.4) is 0 Å². The van der Waals surface area contributed by atoms with Crippen LogP contribution in [-0.4, -0.2) is 29.4 Å². The van der Waals surface area contributed by atoms with Crippen LogP contribution in [0.4, 0.5) is 5.82 Å². The van der Waals surface area contributed by atoms with Gasteiger partial charge in [-0.15, -0.1) is 11.3 Å². The number of carbonyl (C=O) groups is 2. The van der Waals surface area contributed by atoms with E-state index < -0.39 is 0 Å².